The highest BCUT2D eigenvalue weighted by Crippen LogP contribution is 2.29. The first-order chi connectivity index (χ1) is 21.8. The maximum Gasteiger partial charge on any atom is 0.419 e. The number of rotatable bonds is 4. The molecule has 4 aromatic rings. The van der Waals surface area contributed by atoms with Gasteiger partial charge in [0.1, 0.15) is 17.7 Å². The van der Waals surface area contributed by atoms with Crippen LogP contribution in [0.5, 0.6) is 17.2 Å². The predicted octanol–water partition coefficient (Wildman–Crippen LogP) is 3.02. The van der Waals surface area contributed by atoms with E-state index >= 15 is 0 Å². The molecule has 1 saturated heterocycles. The van der Waals surface area contributed by atoms with Crippen LogP contribution in [0.25, 0.3) is 11.1 Å². The highest BCUT2D eigenvalue weighted by atomic mass is 19.1. The van der Waals surface area contributed by atoms with E-state index in [0.29, 0.717) is 67.4 Å². The Hall–Kier alpha value is -4.84. The summed E-state index contributed by atoms with van der Waals surface area (Å²) in [4.78, 5) is 40.4. The van der Waals surface area contributed by atoms with Crippen LogP contribution in [0.2, 0.25) is 0 Å². The molecule has 11 nitrogen and oxygen atoms in total. The number of oxazole rings is 1. The number of piperidine rings is 1. The zero-order chi connectivity index (χ0) is 31.3. The molecule has 3 aromatic carbocycles. The number of methoxy groups -OCH3 is 1. The lowest BCUT2D eigenvalue weighted by Gasteiger charge is -2.39. The van der Waals surface area contributed by atoms with Gasteiger partial charge in [-0.15, -0.1) is 0 Å². The number of carbonyl (C=O) groups is 2. The molecule has 236 valence electrons. The van der Waals surface area contributed by atoms with Gasteiger partial charge in [-0.2, -0.15) is 0 Å². The third-order valence-electron chi connectivity index (χ3n) is 8.13. The van der Waals surface area contributed by atoms with Crippen molar-refractivity contribution >= 4 is 22.9 Å². The van der Waals surface area contributed by atoms with Gasteiger partial charge in [0.05, 0.1) is 18.7 Å². The molecule has 1 fully saturated rings. The van der Waals surface area contributed by atoms with Crippen molar-refractivity contribution in [2.45, 2.75) is 44.5 Å². The van der Waals surface area contributed by atoms with Crippen molar-refractivity contribution in [2.24, 2.45) is 0 Å². The molecule has 6 rings (SSSR count). The number of hydrogen-bond acceptors (Lipinski definition) is 8. The van der Waals surface area contributed by atoms with E-state index in [2.05, 4.69) is 15.5 Å². The van der Waals surface area contributed by atoms with Gasteiger partial charge >= 0.3 is 5.76 Å². The van der Waals surface area contributed by atoms with Crippen molar-refractivity contribution in [3.8, 4) is 17.2 Å². The largest absolute Gasteiger partial charge is 0.493 e. The minimum absolute atomic E-state index is 0.143. The minimum Gasteiger partial charge on any atom is -0.493 e. The van der Waals surface area contributed by atoms with E-state index in [1.54, 1.807) is 28.8 Å². The molecule has 45 heavy (non-hydrogen) atoms. The lowest BCUT2D eigenvalue weighted by molar-refractivity contribution is -0.125. The van der Waals surface area contributed by atoms with Crippen LogP contribution in [0.4, 0.5) is 4.39 Å². The monoisotopic (exact) mass is 618 g/mol. The smallest absolute Gasteiger partial charge is 0.419 e. The zero-order valence-electron chi connectivity index (χ0n) is 24.9. The number of nitrogens with zero attached hydrogens (tertiary/aromatic N) is 2. The second-order valence-electron chi connectivity index (χ2n) is 11.3. The molecule has 3 heterocycles. The summed E-state index contributed by atoms with van der Waals surface area (Å²) in [6.07, 6.45) is 0.724. The van der Waals surface area contributed by atoms with E-state index in [0.717, 1.165) is 11.1 Å². The van der Waals surface area contributed by atoms with Crippen molar-refractivity contribution in [2.75, 3.05) is 33.4 Å². The van der Waals surface area contributed by atoms with Gasteiger partial charge in [-0.25, -0.2) is 9.18 Å². The number of nitrogens with one attached hydrogen (secondary N) is 2. The number of benzene rings is 3. The van der Waals surface area contributed by atoms with E-state index in [9.17, 15) is 18.8 Å². The van der Waals surface area contributed by atoms with Gasteiger partial charge in [-0.3, -0.25) is 19.1 Å². The zero-order valence-corrected chi connectivity index (χ0v) is 24.9. The van der Waals surface area contributed by atoms with Crippen LogP contribution in [0.1, 0.15) is 24.0 Å². The number of carbonyl (C=O) groups excluding carboxylic acids is 2. The van der Waals surface area contributed by atoms with Gasteiger partial charge < -0.3 is 29.3 Å². The molecular formula is C33H35FN4O7. The van der Waals surface area contributed by atoms with Crippen molar-refractivity contribution in [1.82, 2.24) is 20.1 Å². The Balaban J connectivity index is 1.23. The maximum absolute atomic E-state index is 14.6. The van der Waals surface area contributed by atoms with Crippen LogP contribution in [0.3, 0.4) is 0 Å². The fourth-order valence-corrected chi connectivity index (χ4v) is 5.84. The van der Waals surface area contributed by atoms with Crippen molar-refractivity contribution in [3.05, 3.63) is 88.2 Å². The maximum atomic E-state index is 14.6. The van der Waals surface area contributed by atoms with E-state index < -0.39 is 23.7 Å². The molecule has 0 saturated carbocycles. The number of para-hydroxylation sites is 2. The summed E-state index contributed by atoms with van der Waals surface area (Å²) in [7, 11) is 1.52. The van der Waals surface area contributed by atoms with Gasteiger partial charge in [0, 0.05) is 45.2 Å². The number of aryl methyl sites for hydroxylation is 1. The molecule has 2 N–H and O–H groups in total. The summed E-state index contributed by atoms with van der Waals surface area (Å²) in [6.45, 7) is 1.86. The fraction of sp³-hybridized carbons (Fsp3) is 0.364. The van der Waals surface area contributed by atoms with Gasteiger partial charge in [0.25, 0.3) is 5.91 Å². The summed E-state index contributed by atoms with van der Waals surface area (Å²) in [5, 5.41) is 5.90. The number of amides is 2. The molecule has 0 aliphatic carbocycles. The highest BCUT2D eigenvalue weighted by molar-refractivity contribution is 5.78. The summed E-state index contributed by atoms with van der Waals surface area (Å²) in [5.74, 6) is -0.273. The SMILES string of the molecule is COc1ccc2cc1OCC(=O)N[C@@H]1CN(CCn3c(=O)oc4ccccc43)CC[C@H]1Oc1cc(F)cc(c1)CNC(=O)CC2. The summed E-state index contributed by atoms with van der Waals surface area (Å²) < 4.78 is 39.2. The Morgan fingerprint density at radius 1 is 0.978 bits per heavy atom. The van der Waals surface area contributed by atoms with Gasteiger partial charge in [-0.05, 0) is 60.4 Å². The predicted molar refractivity (Wildman–Crippen MR) is 163 cm³/mol. The van der Waals surface area contributed by atoms with E-state index in [4.69, 9.17) is 18.6 Å². The number of hydrogen-bond donors (Lipinski definition) is 2. The Bertz CT molecular complexity index is 1750. The Morgan fingerprint density at radius 2 is 1.84 bits per heavy atom. The second kappa shape index (κ2) is 13.4. The van der Waals surface area contributed by atoms with Gasteiger partial charge in [0.15, 0.2) is 23.7 Å². The van der Waals surface area contributed by atoms with Gasteiger partial charge in [0.2, 0.25) is 5.91 Å². The number of ether oxygens (including phenoxy) is 3. The minimum atomic E-state index is -0.485. The average Bonchev–Trinajstić information content (AvgIpc) is 3.35. The summed E-state index contributed by atoms with van der Waals surface area (Å²) in [6, 6.07) is 16.5. The second-order valence-corrected chi connectivity index (χ2v) is 11.3. The Morgan fingerprint density at radius 3 is 2.71 bits per heavy atom. The standard InChI is InChI=1S/C33H35FN4O7/c1-42-29-8-6-21-7-9-31(39)35-18-22-14-23(34)17-24(15-22)44-27-10-11-37(19-25(27)36-32(40)20-43-30(29)16-21)12-13-38-26-4-2-3-5-28(26)45-33(38)41/h2-6,8,14-17,25,27H,7,9-13,18-20H2,1H3,(H,35,39)(H,36,40)/t25-,27-/m1/s1. The van der Waals surface area contributed by atoms with Crippen LogP contribution in [-0.2, 0) is 29.1 Å². The van der Waals surface area contributed by atoms with E-state index in [-0.39, 0.29) is 31.4 Å². The van der Waals surface area contributed by atoms with Crippen LogP contribution in [0, 0.1) is 5.82 Å². The van der Waals surface area contributed by atoms with Crippen LogP contribution in [0.15, 0.2) is 69.9 Å². The Labute approximate surface area is 258 Å². The van der Waals surface area contributed by atoms with E-state index in [1.165, 1.54) is 19.2 Å². The first-order valence-electron chi connectivity index (χ1n) is 15.0. The molecule has 12 heteroatoms. The molecule has 0 radical (unpaired) electrons. The lowest BCUT2D eigenvalue weighted by atomic mass is 10.0. The molecule has 1 aromatic heterocycles. The molecule has 2 aliphatic rings. The number of fused-ring (bicyclic) bond motifs is 6. The first kappa shape index (κ1) is 30.2. The average molecular weight is 619 g/mol. The normalized spacial score (nSPS) is 19.7. The molecule has 0 spiro atoms. The number of likely N-dealkylation sites (tertiary alicyclic amines) is 1. The first-order valence-corrected chi connectivity index (χ1v) is 15.0. The fourth-order valence-electron chi connectivity index (χ4n) is 5.84. The number of aromatic nitrogens is 1. The Kier molecular flexibility index (Phi) is 9.01. The third-order valence-corrected chi connectivity index (χ3v) is 8.13. The molecule has 4 bridgehead atoms. The van der Waals surface area contributed by atoms with Crippen molar-refractivity contribution in [1.29, 1.82) is 0 Å². The molecule has 2 amide bonds. The topological polar surface area (TPSA) is 124 Å². The molecule has 2 atom stereocenters. The van der Waals surface area contributed by atoms with Gasteiger partial charge in [-0.1, -0.05) is 18.2 Å². The lowest BCUT2D eigenvalue weighted by Crippen LogP contribution is -2.58. The van der Waals surface area contributed by atoms with Crippen LogP contribution >= 0.6 is 0 Å². The highest BCUT2D eigenvalue weighted by Gasteiger charge is 2.32. The van der Waals surface area contributed by atoms with Crippen molar-refractivity contribution < 1.29 is 32.6 Å². The van der Waals surface area contributed by atoms with Crippen molar-refractivity contribution in [3.63, 3.8) is 0 Å². The van der Waals surface area contributed by atoms with Crippen LogP contribution < -0.4 is 30.6 Å². The summed E-state index contributed by atoms with van der Waals surface area (Å²) >= 11 is 0. The number of halogens is 1. The molecule has 2 aliphatic heterocycles. The third kappa shape index (κ3) is 7.28. The van der Waals surface area contributed by atoms with E-state index in [1.807, 2.05) is 24.3 Å². The van der Waals surface area contributed by atoms with Crippen LogP contribution in [-0.4, -0.2) is 66.8 Å². The quantitative estimate of drug-likeness (QED) is 0.358. The molecular weight excluding hydrogens is 583 g/mol. The summed E-state index contributed by atoms with van der Waals surface area (Å²) in [5.41, 5.74) is 2.66. The molecule has 0 unspecified atom stereocenters.